The second-order valence-corrected chi connectivity index (χ2v) is 6.54. The highest BCUT2D eigenvalue weighted by atomic mass is 32.2. The summed E-state index contributed by atoms with van der Waals surface area (Å²) < 4.78 is 0. The predicted octanol–water partition coefficient (Wildman–Crippen LogP) is 2.48. The van der Waals surface area contributed by atoms with Crippen molar-refractivity contribution in [3.8, 4) is 0 Å². The zero-order chi connectivity index (χ0) is 11.4. The molecule has 3 heteroatoms. The third-order valence-corrected chi connectivity index (χ3v) is 5.14. The quantitative estimate of drug-likeness (QED) is 0.776. The van der Waals surface area contributed by atoms with E-state index in [1.807, 2.05) is 0 Å². The van der Waals surface area contributed by atoms with Crippen LogP contribution < -0.4 is 5.73 Å². The van der Waals surface area contributed by atoms with Crippen molar-refractivity contribution < 1.29 is 0 Å². The fraction of sp³-hybridized carbons (Fsp3) is 1.00. The molecule has 2 rings (SSSR count). The van der Waals surface area contributed by atoms with Gasteiger partial charge in [0.05, 0.1) is 0 Å². The largest absolute Gasteiger partial charge is 0.329 e. The molecule has 0 bridgehead atoms. The van der Waals surface area contributed by atoms with E-state index in [0.717, 1.165) is 12.6 Å². The Balaban J connectivity index is 2.01. The Labute approximate surface area is 104 Å². The van der Waals surface area contributed by atoms with Crippen LogP contribution >= 0.6 is 11.8 Å². The third-order valence-electron chi connectivity index (χ3n) is 4.15. The molecule has 2 N–H and O–H groups in total. The van der Waals surface area contributed by atoms with Crippen LogP contribution in [0.3, 0.4) is 0 Å². The minimum Gasteiger partial charge on any atom is -0.329 e. The van der Waals surface area contributed by atoms with Gasteiger partial charge in [-0.05, 0) is 50.2 Å². The fourth-order valence-corrected chi connectivity index (χ4v) is 4.13. The van der Waals surface area contributed by atoms with Gasteiger partial charge in [-0.2, -0.15) is 11.8 Å². The van der Waals surface area contributed by atoms with E-state index < -0.39 is 0 Å². The molecule has 1 heterocycles. The highest BCUT2D eigenvalue weighted by molar-refractivity contribution is 7.99. The molecule has 1 saturated heterocycles. The first-order valence-corrected chi connectivity index (χ1v) is 8.02. The number of nitrogens with zero attached hydrogens (tertiary/aromatic N) is 1. The predicted molar refractivity (Wildman–Crippen MR) is 73.0 cm³/mol. The van der Waals surface area contributed by atoms with Gasteiger partial charge >= 0.3 is 0 Å². The first kappa shape index (κ1) is 12.7. The molecule has 0 atom stereocenters. The van der Waals surface area contributed by atoms with Gasteiger partial charge in [-0.3, -0.25) is 4.90 Å². The molecular formula is C13H26N2S. The van der Waals surface area contributed by atoms with Gasteiger partial charge < -0.3 is 5.73 Å². The average Bonchev–Trinajstić information content (AvgIpc) is 3.15. The van der Waals surface area contributed by atoms with E-state index >= 15 is 0 Å². The van der Waals surface area contributed by atoms with Crippen molar-refractivity contribution in [1.29, 1.82) is 0 Å². The molecule has 0 radical (unpaired) electrons. The normalized spacial score (nSPS) is 24.9. The summed E-state index contributed by atoms with van der Waals surface area (Å²) in [5.41, 5.74) is 6.49. The fourth-order valence-electron chi connectivity index (χ4n) is 2.88. The van der Waals surface area contributed by atoms with Gasteiger partial charge in [-0.25, -0.2) is 0 Å². The number of thioether (sulfide) groups is 1. The smallest absolute Gasteiger partial charge is 0.0350 e. The first-order chi connectivity index (χ1) is 7.82. The van der Waals surface area contributed by atoms with Gasteiger partial charge in [0.2, 0.25) is 0 Å². The molecule has 1 aliphatic carbocycles. The van der Waals surface area contributed by atoms with Crippen molar-refractivity contribution in [2.24, 2.45) is 5.73 Å². The number of rotatable bonds is 6. The van der Waals surface area contributed by atoms with Gasteiger partial charge in [0.1, 0.15) is 0 Å². The van der Waals surface area contributed by atoms with Crippen molar-refractivity contribution in [3.05, 3.63) is 0 Å². The summed E-state index contributed by atoms with van der Waals surface area (Å²) in [5.74, 6) is 2.62. The highest BCUT2D eigenvalue weighted by Crippen LogP contribution is 2.39. The van der Waals surface area contributed by atoms with E-state index in [4.69, 9.17) is 5.73 Å². The summed E-state index contributed by atoms with van der Waals surface area (Å²) in [7, 11) is 0. The number of nitrogens with two attached hydrogens (primary N) is 1. The Morgan fingerprint density at radius 3 is 2.50 bits per heavy atom. The average molecular weight is 242 g/mol. The van der Waals surface area contributed by atoms with E-state index in [1.165, 1.54) is 56.6 Å². The van der Waals surface area contributed by atoms with Crippen molar-refractivity contribution >= 4 is 11.8 Å². The lowest BCUT2D eigenvalue weighted by molar-refractivity contribution is 0.0741. The minimum atomic E-state index is 0.363. The van der Waals surface area contributed by atoms with Crippen LogP contribution in [0.5, 0.6) is 0 Å². The number of hydrogen-bond donors (Lipinski definition) is 1. The zero-order valence-electron chi connectivity index (χ0n) is 10.6. The molecule has 0 aromatic heterocycles. The molecule has 0 aromatic carbocycles. The van der Waals surface area contributed by atoms with Crippen LogP contribution in [0.15, 0.2) is 0 Å². The Hall–Kier alpha value is 0.270. The van der Waals surface area contributed by atoms with Gasteiger partial charge in [-0.1, -0.05) is 13.3 Å². The van der Waals surface area contributed by atoms with E-state index in [2.05, 4.69) is 23.6 Å². The van der Waals surface area contributed by atoms with E-state index in [1.54, 1.807) is 0 Å². The third kappa shape index (κ3) is 2.74. The van der Waals surface area contributed by atoms with Crippen LogP contribution in [0, 0.1) is 0 Å². The highest BCUT2D eigenvalue weighted by Gasteiger charge is 2.43. The maximum Gasteiger partial charge on any atom is 0.0350 e. The Kier molecular flexibility index (Phi) is 4.57. The Bertz CT molecular complexity index is 210. The van der Waals surface area contributed by atoms with E-state index in [-0.39, 0.29) is 0 Å². The maximum absolute atomic E-state index is 6.13. The summed E-state index contributed by atoms with van der Waals surface area (Å²) >= 11 is 2.10. The Morgan fingerprint density at radius 2 is 2.00 bits per heavy atom. The van der Waals surface area contributed by atoms with Crippen LogP contribution in [0.4, 0.5) is 0 Å². The molecule has 0 aromatic rings. The number of unbranched alkanes of at least 4 members (excludes halogenated alkanes) is 1. The van der Waals surface area contributed by atoms with Crippen LogP contribution in [-0.2, 0) is 0 Å². The molecule has 94 valence electrons. The molecule has 1 aliphatic heterocycles. The van der Waals surface area contributed by atoms with Gasteiger partial charge in [0, 0.05) is 18.1 Å². The van der Waals surface area contributed by atoms with E-state index in [9.17, 15) is 0 Å². The summed E-state index contributed by atoms with van der Waals surface area (Å²) in [6, 6.07) is 0.873. The lowest BCUT2D eigenvalue weighted by Crippen LogP contribution is -2.57. The topological polar surface area (TPSA) is 29.3 Å². The molecule has 1 saturated carbocycles. The second kappa shape index (κ2) is 5.74. The second-order valence-electron chi connectivity index (χ2n) is 5.32. The molecule has 0 unspecified atom stereocenters. The van der Waals surface area contributed by atoms with Crippen LogP contribution in [-0.4, -0.2) is 41.1 Å². The molecule has 16 heavy (non-hydrogen) atoms. The molecule has 2 aliphatic rings. The molecular weight excluding hydrogens is 216 g/mol. The van der Waals surface area contributed by atoms with E-state index in [0.29, 0.717) is 5.54 Å². The minimum absolute atomic E-state index is 0.363. The summed E-state index contributed by atoms with van der Waals surface area (Å²) in [4.78, 5) is 2.79. The Morgan fingerprint density at radius 1 is 1.31 bits per heavy atom. The summed E-state index contributed by atoms with van der Waals surface area (Å²) in [6.45, 7) is 4.44. The summed E-state index contributed by atoms with van der Waals surface area (Å²) in [6.07, 6.45) is 8.10. The zero-order valence-corrected chi connectivity index (χ0v) is 11.4. The van der Waals surface area contributed by atoms with Crippen molar-refractivity contribution in [1.82, 2.24) is 4.90 Å². The first-order valence-electron chi connectivity index (χ1n) is 6.87. The lowest BCUT2D eigenvalue weighted by Gasteiger charge is -2.46. The lowest BCUT2D eigenvalue weighted by atomic mass is 9.89. The van der Waals surface area contributed by atoms with Crippen molar-refractivity contribution in [3.63, 3.8) is 0 Å². The van der Waals surface area contributed by atoms with Gasteiger partial charge in [-0.15, -0.1) is 0 Å². The molecule has 2 fully saturated rings. The van der Waals surface area contributed by atoms with Gasteiger partial charge in [0.15, 0.2) is 0 Å². The molecule has 0 amide bonds. The standard InChI is InChI=1S/C13H26N2S/c1-2-3-8-15(12-4-5-12)13(11-14)6-9-16-10-7-13/h12H,2-11,14H2,1H3. The number of hydrogen-bond acceptors (Lipinski definition) is 3. The summed E-state index contributed by atoms with van der Waals surface area (Å²) in [5, 5.41) is 0. The molecule has 0 spiro atoms. The molecule has 2 nitrogen and oxygen atoms in total. The monoisotopic (exact) mass is 242 g/mol. The maximum atomic E-state index is 6.13. The van der Waals surface area contributed by atoms with Crippen molar-refractivity contribution in [2.45, 2.75) is 57.0 Å². The van der Waals surface area contributed by atoms with Crippen LogP contribution in [0.1, 0.15) is 45.4 Å². The van der Waals surface area contributed by atoms with Gasteiger partial charge in [0.25, 0.3) is 0 Å². The van der Waals surface area contributed by atoms with Crippen LogP contribution in [0.2, 0.25) is 0 Å². The SMILES string of the molecule is CCCCN(C1CC1)C1(CN)CCSCC1. The van der Waals surface area contributed by atoms with Crippen molar-refractivity contribution in [2.75, 3.05) is 24.6 Å². The van der Waals surface area contributed by atoms with Crippen LogP contribution in [0.25, 0.3) is 0 Å².